The smallest absolute Gasteiger partial charge is 0.257 e. The van der Waals surface area contributed by atoms with Crippen LogP contribution in [0.3, 0.4) is 0 Å². The van der Waals surface area contributed by atoms with E-state index in [-0.39, 0.29) is 11.9 Å². The third-order valence-electron chi connectivity index (χ3n) is 4.91. The minimum Gasteiger partial charge on any atom is -0.472 e. The fraction of sp³-hybridized carbons (Fsp3) is 0.556. The molecule has 128 valence electrons. The van der Waals surface area contributed by atoms with Crippen LogP contribution in [-0.4, -0.2) is 40.3 Å². The summed E-state index contributed by atoms with van der Waals surface area (Å²) < 4.78 is 12.9. The fourth-order valence-corrected chi connectivity index (χ4v) is 3.44. The van der Waals surface area contributed by atoms with Gasteiger partial charge in [0.15, 0.2) is 0 Å². The zero-order valence-electron chi connectivity index (χ0n) is 14.0. The van der Waals surface area contributed by atoms with E-state index in [1.807, 2.05) is 18.0 Å². The minimum absolute atomic E-state index is 0.00160. The molecule has 1 saturated carbocycles. The molecule has 24 heavy (non-hydrogen) atoms. The zero-order valence-corrected chi connectivity index (χ0v) is 14.0. The zero-order chi connectivity index (χ0) is 16.5. The molecule has 0 bridgehead atoms. The maximum absolute atomic E-state index is 12.9. The number of amides is 1. The number of carbonyl (C=O) groups is 1. The lowest BCUT2D eigenvalue weighted by Crippen LogP contribution is -2.42. The first-order valence-electron chi connectivity index (χ1n) is 8.73. The summed E-state index contributed by atoms with van der Waals surface area (Å²) >= 11 is 0. The molecule has 0 saturated heterocycles. The Morgan fingerprint density at radius 1 is 1.46 bits per heavy atom. The van der Waals surface area contributed by atoms with Gasteiger partial charge < -0.3 is 14.1 Å². The summed E-state index contributed by atoms with van der Waals surface area (Å²) in [7, 11) is 0. The number of fused-ring (bicyclic) bond motifs is 1. The number of hydrogen-bond donors (Lipinski definition) is 0. The molecule has 1 atom stereocenters. The van der Waals surface area contributed by atoms with E-state index in [0.29, 0.717) is 25.3 Å². The van der Waals surface area contributed by atoms with Gasteiger partial charge in [0.2, 0.25) is 0 Å². The predicted molar refractivity (Wildman–Crippen MR) is 87.6 cm³/mol. The van der Waals surface area contributed by atoms with Gasteiger partial charge in [-0.15, -0.1) is 0 Å². The lowest BCUT2D eigenvalue weighted by atomic mass is 9.99. The van der Waals surface area contributed by atoms with Crippen molar-refractivity contribution in [1.82, 2.24) is 14.7 Å². The Morgan fingerprint density at radius 2 is 2.33 bits per heavy atom. The van der Waals surface area contributed by atoms with E-state index in [4.69, 9.17) is 9.15 Å². The summed E-state index contributed by atoms with van der Waals surface area (Å²) in [4.78, 5) is 14.8. The topological polar surface area (TPSA) is 60.5 Å². The summed E-state index contributed by atoms with van der Waals surface area (Å²) in [5, 5.41) is 4.60. The van der Waals surface area contributed by atoms with Crippen LogP contribution in [0, 0.1) is 5.92 Å². The van der Waals surface area contributed by atoms with Crippen LogP contribution in [0.1, 0.15) is 47.4 Å². The lowest BCUT2D eigenvalue weighted by molar-refractivity contribution is 0.0397. The molecule has 6 nitrogen and oxygen atoms in total. The number of hydrogen-bond acceptors (Lipinski definition) is 4. The molecule has 1 aliphatic heterocycles. The third-order valence-corrected chi connectivity index (χ3v) is 4.91. The Hall–Kier alpha value is -2.08. The van der Waals surface area contributed by atoms with Crippen molar-refractivity contribution >= 4 is 5.91 Å². The number of ether oxygens (including phenoxy) is 1. The first kappa shape index (κ1) is 15.4. The van der Waals surface area contributed by atoms with Crippen molar-refractivity contribution in [2.75, 3.05) is 19.8 Å². The molecule has 0 unspecified atom stereocenters. The van der Waals surface area contributed by atoms with E-state index in [1.165, 1.54) is 30.9 Å². The molecule has 0 N–H and O–H groups in total. The molecular formula is C18H23N3O3. The molecule has 2 aromatic rings. The van der Waals surface area contributed by atoms with Gasteiger partial charge in [0, 0.05) is 19.7 Å². The number of rotatable bonds is 6. The van der Waals surface area contributed by atoms with Gasteiger partial charge >= 0.3 is 0 Å². The first-order valence-corrected chi connectivity index (χ1v) is 8.73. The highest BCUT2D eigenvalue weighted by molar-refractivity contribution is 5.94. The average molecular weight is 329 g/mol. The van der Waals surface area contributed by atoms with E-state index in [2.05, 4.69) is 9.78 Å². The molecule has 1 fully saturated rings. The van der Waals surface area contributed by atoms with Crippen molar-refractivity contribution in [3.05, 3.63) is 41.6 Å². The van der Waals surface area contributed by atoms with Gasteiger partial charge in [0.25, 0.3) is 5.91 Å². The summed E-state index contributed by atoms with van der Waals surface area (Å²) in [6, 6.07) is 1.63. The summed E-state index contributed by atoms with van der Waals surface area (Å²) in [6.07, 6.45) is 8.42. The van der Waals surface area contributed by atoms with Crippen LogP contribution < -0.4 is 0 Å². The number of furan rings is 1. The molecule has 2 aliphatic rings. The highest BCUT2D eigenvalue weighted by atomic mass is 16.5. The Bertz CT molecular complexity index is 703. The first-order chi connectivity index (χ1) is 11.8. The SMILES string of the molecule is CCOC[C@H]1c2c(cnn2CC2CC2)CCN1C(=O)c1ccoc1. The van der Waals surface area contributed by atoms with Crippen LogP contribution in [0.2, 0.25) is 0 Å². The standard InChI is InChI=1S/C18H23N3O3/c1-2-23-12-16-17-14(9-19-21(17)10-13-3-4-13)5-7-20(16)18(22)15-6-8-24-11-15/h6,8-9,11,13,16H,2-5,7,10,12H2,1H3/t16-/m0/s1. The van der Waals surface area contributed by atoms with Gasteiger partial charge in [-0.2, -0.15) is 5.10 Å². The minimum atomic E-state index is -0.0858. The molecule has 6 heteroatoms. The molecule has 3 heterocycles. The van der Waals surface area contributed by atoms with Gasteiger partial charge in [-0.25, -0.2) is 0 Å². The maximum atomic E-state index is 12.9. The van der Waals surface area contributed by atoms with E-state index in [0.717, 1.165) is 24.6 Å². The van der Waals surface area contributed by atoms with Crippen LogP contribution >= 0.6 is 0 Å². The molecule has 0 spiro atoms. The van der Waals surface area contributed by atoms with Crippen molar-refractivity contribution in [3.63, 3.8) is 0 Å². The molecule has 1 aliphatic carbocycles. The Balaban J connectivity index is 1.65. The van der Waals surface area contributed by atoms with Gasteiger partial charge in [0.1, 0.15) is 6.26 Å². The average Bonchev–Trinajstić information content (AvgIpc) is 3.09. The highest BCUT2D eigenvalue weighted by Gasteiger charge is 2.36. The summed E-state index contributed by atoms with van der Waals surface area (Å²) in [6.45, 7) is 4.75. The van der Waals surface area contributed by atoms with Crippen LogP contribution in [0.5, 0.6) is 0 Å². The van der Waals surface area contributed by atoms with Crippen LogP contribution in [0.25, 0.3) is 0 Å². The van der Waals surface area contributed by atoms with Crippen molar-refractivity contribution in [2.24, 2.45) is 5.92 Å². The molecule has 1 amide bonds. The Labute approximate surface area is 141 Å². The second kappa shape index (κ2) is 6.43. The molecule has 0 aromatic carbocycles. The highest BCUT2D eigenvalue weighted by Crippen LogP contribution is 2.35. The number of nitrogens with zero attached hydrogens (tertiary/aromatic N) is 3. The number of aromatic nitrogens is 2. The third kappa shape index (κ3) is 2.86. The van der Waals surface area contributed by atoms with Crippen LogP contribution in [-0.2, 0) is 17.7 Å². The van der Waals surface area contributed by atoms with Gasteiger partial charge in [-0.3, -0.25) is 9.48 Å². The second-order valence-electron chi connectivity index (χ2n) is 6.62. The van der Waals surface area contributed by atoms with Crippen LogP contribution in [0.4, 0.5) is 0 Å². The monoisotopic (exact) mass is 329 g/mol. The lowest BCUT2D eigenvalue weighted by Gasteiger charge is -2.36. The van der Waals surface area contributed by atoms with E-state index in [1.54, 1.807) is 6.07 Å². The maximum Gasteiger partial charge on any atom is 0.257 e. The van der Waals surface area contributed by atoms with E-state index >= 15 is 0 Å². The molecule has 2 aromatic heterocycles. The molecule has 4 rings (SSSR count). The second-order valence-corrected chi connectivity index (χ2v) is 6.62. The van der Waals surface area contributed by atoms with Crippen molar-refractivity contribution in [3.8, 4) is 0 Å². The van der Waals surface area contributed by atoms with E-state index < -0.39 is 0 Å². The summed E-state index contributed by atoms with van der Waals surface area (Å²) in [5.74, 6) is 0.736. The fourth-order valence-electron chi connectivity index (χ4n) is 3.44. The molecular weight excluding hydrogens is 306 g/mol. The Kier molecular flexibility index (Phi) is 4.14. The normalized spacial score (nSPS) is 20.2. The predicted octanol–water partition coefficient (Wildman–Crippen LogP) is 2.66. The van der Waals surface area contributed by atoms with Gasteiger partial charge in [-0.05, 0) is 43.7 Å². The van der Waals surface area contributed by atoms with Gasteiger partial charge in [-0.1, -0.05) is 0 Å². The van der Waals surface area contributed by atoms with Crippen molar-refractivity contribution < 1.29 is 13.9 Å². The van der Waals surface area contributed by atoms with Crippen molar-refractivity contribution in [1.29, 1.82) is 0 Å². The van der Waals surface area contributed by atoms with Crippen LogP contribution in [0.15, 0.2) is 29.2 Å². The van der Waals surface area contributed by atoms with E-state index in [9.17, 15) is 4.79 Å². The Morgan fingerprint density at radius 3 is 3.04 bits per heavy atom. The largest absolute Gasteiger partial charge is 0.472 e. The van der Waals surface area contributed by atoms with Gasteiger partial charge in [0.05, 0.1) is 36.4 Å². The quantitative estimate of drug-likeness (QED) is 0.817. The summed E-state index contributed by atoms with van der Waals surface area (Å²) in [5.41, 5.74) is 2.99. The van der Waals surface area contributed by atoms with Crippen molar-refractivity contribution in [2.45, 2.75) is 38.8 Å². The number of carbonyl (C=O) groups excluding carboxylic acids is 1. The molecule has 0 radical (unpaired) electrons.